The Morgan fingerprint density at radius 3 is 2.74 bits per heavy atom. The predicted octanol–water partition coefficient (Wildman–Crippen LogP) is 2.89. The van der Waals surface area contributed by atoms with Crippen LogP contribution in [0.4, 0.5) is 0 Å². The van der Waals surface area contributed by atoms with E-state index in [1.165, 1.54) is 16.7 Å². The summed E-state index contributed by atoms with van der Waals surface area (Å²) < 4.78 is 5.09. The van der Waals surface area contributed by atoms with Crippen molar-refractivity contribution in [1.82, 2.24) is 15.5 Å². The molecule has 0 aliphatic heterocycles. The number of aryl methyl sites for hydroxylation is 3. The summed E-state index contributed by atoms with van der Waals surface area (Å²) in [6.07, 6.45) is 0.760. The van der Waals surface area contributed by atoms with E-state index in [9.17, 15) is 0 Å². The number of benzene rings is 1. The van der Waals surface area contributed by atoms with E-state index < -0.39 is 0 Å². The van der Waals surface area contributed by atoms with Crippen LogP contribution in [0, 0.1) is 20.8 Å². The topological polar surface area (TPSA) is 51.0 Å². The fraction of sp³-hybridized carbons (Fsp3) is 0.467. The lowest BCUT2D eigenvalue weighted by atomic mass is 10.00. The van der Waals surface area contributed by atoms with Crippen LogP contribution < -0.4 is 5.32 Å². The molecule has 0 spiro atoms. The van der Waals surface area contributed by atoms with Gasteiger partial charge in [0.2, 0.25) is 5.89 Å². The number of aromatic nitrogens is 2. The summed E-state index contributed by atoms with van der Waals surface area (Å²) in [5.41, 5.74) is 3.96. The van der Waals surface area contributed by atoms with Crippen LogP contribution in [0.2, 0.25) is 0 Å². The van der Waals surface area contributed by atoms with Crippen molar-refractivity contribution in [2.45, 2.75) is 40.2 Å². The Morgan fingerprint density at radius 2 is 2.05 bits per heavy atom. The summed E-state index contributed by atoms with van der Waals surface area (Å²) in [6.45, 7) is 9.11. The minimum atomic E-state index is 0.323. The molecule has 1 atom stereocenters. The number of rotatable bonds is 5. The van der Waals surface area contributed by atoms with Gasteiger partial charge < -0.3 is 9.84 Å². The molecule has 0 bridgehead atoms. The van der Waals surface area contributed by atoms with E-state index >= 15 is 0 Å². The summed E-state index contributed by atoms with van der Waals surface area (Å²) in [5, 5.41) is 7.28. The van der Waals surface area contributed by atoms with Gasteiger partial charge in [0.1, 0.15) is 0 Å². The molecule has 1 unspecified atom stereocenters. The maximum Gasteiger partial charge on any atom is 0.227 e. The molecule has 0 saturated heterocycles. The standard InChI is InChI=1S/C15H21N3O/c1-10-5-6-11(2)14(9-10)12(3)16-8-7-15-17-13(4)18-19-15/h5-6,9,12,16H,7-8H2,1-4H3. The minimum absolute atomic E-state index is 0.323. The number of hydrogen-bond donors (Lipinski definition) is 1. The fourth-order valence-electron chi connectivity index (χ4n) is 2.17. The normalized spacial score (nSPS) is 12.6. The molecule has 4 heteroatoms. The second kappa shape index (κ2) is 5.97. The SMILES string of the molecule is Cc1ccc(C)c(C(C)NCCc2nc(C)no2)c1. The molecule has 1 aromatic heterocycles. The molecule has 2 rings (SSSR count). The van der Waals surface area contributed by atoms with E-state index in [1.54, 1.807) is 0 Å². The summed E-state index contributed by atoms with van der Waals surface area (Å²) in [4.78, 5) is 4.19. The maximum absolute atomic E-state index is 5.09. The van der Waals surface area contributed by atoms with Crippen molar-refractivity contribution in [2.75, 3.05) is 6.54 Å². The van der Waals surface area contributed by atoms with Crippen LogP contribution in [0.25, 0.3) is 0 Å². The fourth-order valence-corrected chi connectivity index (χ4v) is 2.17. The molecule has 2 aromatic rings. The summed E-state index contributed by atoms with van der Waals surface area (Å²) in [7, 11) is 0. The Bertz CT molecular complexity index is 548. The molecular weight excluding hydrogens is 238 g/mol. The molecule has 4 nitrogen and oxygen atoms in total. The number of nitrogens with zero attached hydrogens (tertiary/aromatic N) is 2. The number of hydrogen-bond acceptors (Lipinski definition) is 4. The molecule has 102 valence electrons. The highest BCUT2D eigenvalue weighted by atomic mass is 16.5. The summed E-state index contributed by atoms with van der Waals surface area (Å²) in [6, 6.07) is 6.88. The highest BCUT2D eigenvalue weighted by Gasteiger charge is 2.09. The van der Waals surface area contributed by atoms with Crippen LogP contribution in [-0.2, 0) is 6.42 Å². The van der Waals surface area contributed by atoms with Crippen LogP contribution in [0.3, 0.4) is 0 Å². The molecule has 1 N–H and O–H groups in total. The highest BCUT2D eigenvalue weighted by molar-refractivity contribution is 5.32. The van der Waals surface area contributed by atoms with Crippen LogP contribution in [0.5, 0.6) is 0 Å². The monoisotopic (exact) mass is 259 g/mol. The van der Waals surface area contributed by atoms with Crippen LogP contribution in [0.1, 0.15) is 41.4 Å². The lowest BCUT2D eigenvalue weighted by Gasteiger charge is -2.16. The van der Waals surface area contributed by atoms with Crippen molar-refractivity contribution in [3.05, 3.63) is 46.6 Å². The lowest BCUT2D eigenvalue weighted by Crippen LogP contribution is -2.22. The van der Waals surface area contributed by atoms with Gasteiger partial charge >= 0.3 is 0 Å². The first-order chi connectivity index (χ1) is 9.06. The first-order valence-electron chi connectivity index (χ1n) is 6.66. The van der Waals surface area contributed by atoms with Crippen molar-refractivity contribution in [3.8, 4) is 0 Å². The second-order valence-corrected chi connectivity index (χ2v) is 5.02. The molecule has 0 aliphatic rings. The molecule has 0 radical (unpaired) electrons. The van der Waals surface area contributed by atoms with Crippen LogP contribution >= 0.6 is 0 Å². The average Bonchev–Trinajstić information content (AvgIpc) is 2.78. The van der Waals surface area contributed by atoms with E-state index in [1.807, 2.05) is 6.92 Å². The molecule has 1 aromatic carbocycles. The van der Waals surface area contributed by atoms with Crippen molar-refractivity contribution < 1.29 is 4.52 Å². The van der Waals surface area contributed by atoms with Gasteiger partial charge in [0.15, 0.2) is 5.82 Å². The van der Waals surface area contributed by atoms with Crippen molar-refractivity contribution in [2.24, 2.45) is 0 Å². The average molecular weight is 259 g/mol. The van der Waals surface area contributed by atoms with Crippen LogP contribution in [-0.4, -0.2) is 16.7 Å². The van der Waals surface area contributed by atoms with E-state index in [2.05, 4.69) is 54.4 Å². The van der Waals surface area contributed by atoms with Gasteiger partial charge in [0.25, 0.3) is 0 Å². The molecule has 0 saturated carbocycles. The molecule has 0 amide bonds. The van der Waals surface area contributed by atoms with Gasteiger partial charge in [0.05, 0.1) is 0 Å². The van der Waals surface area contributed by atoms with E-state index in [0.717, 1.165) is 13.0 Å². The maximum atomic E-state index is 5.09. The minimum Gasteiger partial charge on any atom is -0.339 e. The van der Waals surface area contributed by atoms with Crippen molar-refractivity contribution in [1.29, 1.82) is 0 Å². The summed E-state index contributed by atoms with van der Waals surface area (Å²) >= 11 is 0. The van der Waals surface area contributed by atoms with Gasteiger partial charge in [-0.3, -0.25) is 0 Å². The van der Waals surface area contributed by atoms with Gasteiger partial charge in [0, 0.05) is 19.0 Å². The Labute approximate surface area is 114 Å². The van der Waals surface area contributed by atoms with Gasteiger partial charge in [-0.2, -0.15) is 4.98 Å². The van der Waals surface area contributed by atoms with Gasteiger partial charge in [-0.15, -0.1) is 0 Å². The Balaban J connectivity index is 1.90. The zero-order valence-electron chi connectivity index (χ0n) is 12.0. The van der Waals surface area contributed by atoms with E-state index in [-0.39, 0.29) is 0 Å². The third-order valence-electron chi connectivity index (χ3n) is 3.26. The van der Waals surface area contributed by atoms with E-state index in [0.29, 0.717) is 17.8 Å². The second-order valence-electron chi connectivity index (χ2n) is 5.02. The Hall–Kier alpha value is -1.68. The third kappa shape index (κ3) is 3.64. The Kier molecular flexibility index (Phi) is 4.32. The predicted molar refractivity (Wildman–Crippen MR) is 75.1 cm³/mol. The van der Waals surface area contributed by atoms with Crippen molar-refractivity contribution in [3.63, 3.8) is 0 Å². The zero-order chi connectivity index (χ0) is 13.8. The Morgan fingerprint density at radius 1 is 1.26 bits per heavy atom. The van der Waals surface area contributed by atoms with Crippen molar-refractivity contribution >= 4 is 0 Å². The molecule has 0 fully saturated rings. The largest absolute Gasteiger partial charge is 0.339 e. The first kappa shape index (κ1) is 13.7. The van der Waals surface area contributed by atoms with E-state index in [4.69, 9.17) is 4.52 Å². The number of nitrogens with one attached hydrogen (secondary N) is 1. The van der Waals surface area contributed by atoms with Gasteiger partial charge in [-0.05, 0) is 38.8 Å². The third-order valence-corrected chi connectivity index (χ3v) is 3.26. The molecule has 0 aliphatic carbocycles. The van der Waals surface area contributed by atoms with Gasteiger partial charge in [-0.1, -0.05) is 28.9 Å². The highest BCUT2D eigenvalue weighted by Crippen LogP contribution is 2.18. The zero-order valence-corrected chi connectivity index (χ0v) is 12.0. The van der Waals surface area contributed by atoms with Crippen LogP contribution in [0.15, 0.2) is 22.7 Å². The quantitative estimate of drug-likeness (QED) is 0.897. The first-order valence-corrected chi connectivity index (χ1v) is 6.66. The summed E-state index contributed by atoms with van der Waals surface area (Å²) in [5.74, 6) is 1.38. The van der Waals surface area contributed by atoms with Gasteiger partial charge in [-0.25, -0.2) is 0 Å². The molecular formula is C15H21N3O. The molecule has 1 heterocycles. The molecule has 19 heavy (non-hydrogen) atoms. The lowest BCUT2D eigenvalue weighted by molar-refractivity contribution is 0.370. The smallest absolute Gasteiger partial charge is 0.227 e.